The Hall–Kier alpha value is -0.940. The first kappa shape index (κ1) is 13.1. The maximum atomic E-state index is 13.1. The van der Waals surface area contributed by atoms with Gasteiger partial charge in [0.25, 0.3) is 0 Å². The summed E-state index contributed by atoms with van der Waals surface area (Å²) in [6.07, 6.45) is 3.44. The second kappa shape index (κ2) is 4.87. The summed E-state index contributed by atoms with van der Waals surface area (Å²) in [5.41, 5.74) is 2.18. The second-order valence-electron chi connectivity index (χ2n) is 5.55. The third-order valence-electron chi connectivity index (χ3n) is 4.08. The minimum absolute atomic E-state index is 0.0414. The van der Waals surface area contributed by atoms with Crippen LogP contribution in [-0.4, -0.2) is 26.0 Å². The lowest BCUT2D eigenvalue weighted by Crippen LogP contribution is -2.41. The fourth-order valence-corrected chi connectivity index (χ4v) is 4.85. The third-order valence-corrected chi connectivity index (χ3v) is 5.90. The smallest absolute Gasteiger partial charge is 0.151 e. The van der Waals surface area contributed by atoms with Crippen LogP contribution in [0.25, 0.3) is 0 Å². The molecule has 1 aliphatic heterocycles. The van der Waals surface area contributed by atoms with E-state index in [4.69, 9.17) is 0 Å². The highest BCUT2D eigenvalue weighted by Gasteiger charge is 2.29. The van der Waals surface area contributed by atoms with Crippen LogP contribution in [-0.2, 0) is 16.3 Å². The van der Waals surface area contributed by atoms with E-state index in [0.717, 1.165) is 36.8 Å². The van der Waals surface area contributed by atoms with Crippen LogP contribution >= 0.6 is 0 Å². The van der Waals surface area contributed by atoms with Crippen LogP contribution in [0.2, 0.25) is 0 Å². The molecule has 0 saturated carbocycles. The molecule has 0 aromatic heterocycles. The highest BCUT2D eigenvalue weighted by atomic mass is 32.2. The van der Waals surface area contributed by atoms with Crippen LogP contribution in [0.4, 0.5) is 4.39 Å². The average molecular weight is 283 g/mol. The zero-order chi connectivity index (χ0) is 13.5. The van der Waals surface area contributed by atoms with E-state index in [9.17, 15) is 12.8 Å². The van der Waals surface area contributed by atoms with Crippen LogP contribution in [0.15, 0.2) is 18.2 Å². The lowest BCUT2D eigenvalue weighted by Gasteiger charge is -2.26. The van der Waals surface area contributed by atoms with E-state index in [0.29, 0.717) is 5.75 Å². The van der Waals surface area contributed by atoms with Gasteiger partial charge in [0.2, 0.25) is 0 Å². The SMILES string of the molecule is O=S1(=O)CCCC(NC2CCc3cc(F)ccc32)C1. The van der Waals surface area contributed by atoms with Gasteiger partial charge in [0.05, 0.1) is 11.5 Å². The molecule has 0 bridgehead atoms. The summed E-state index contributed by atoms with van der Waals surface area (Å²) in [5, 5.41) is 3.45. The van der Waals surface area contributed by atoms with E-state index in [-0.39, 0.29) is 23.7 Å². The minimum Gasteiger partial charge on any atom is -0.306 e. The minimum atomic E-state index is -2.88. The monoisotopic (exact) mass is 283 g/mol. The molecule has 3 rings (SSSR count). The number of halogens is 1. The molecule has 104 valence electrons. The van der Waals surface area contributed by atoms with Crippen LogP contribution in [0.1, 0.15) is 36.4 Å². The Labute approximate surface area is 113 Å². The third kappa shape index (κ3) is 2.82. The van der Waals surface area contributed by atoms with Crippen molar-refractivity contribution in [2.45, 2.75) is 37.8 Å². The highest BCUT2D eigenvalue weighted by Crippen LogP contribution is 2.32. The Morgan fingerprint density at radius 1 is 1.26 bits per heavy atom. The number of benzene rings is 1. The Morgan fingerprint density at radius 2 is 2.11 bits per heavy atom. The first-order valence-electron chi connectivity index (χ1n) is 6.78. The Morgan fingerprint density at radius 3 is 2.89 bits per heavy atom. The summed E-state index contributed by atoms with van der Waals surface area (Å²) in [5.74, 6) is 0.358. The molecule has 0 spiro atoms. The molecular formula is C14H18FNO2S. The van der Waals surface area contributed by atoms with Gasteiger partial charge in [0, 0.05) is 12.1 Å². The fourth-order valence-electron chi connectivity index (χ4n) is 3.20. The molecular weight excluding hydrogens is 265 g/mol. The van der Waals surface area contributed by atoms with Crippen LogP contribution in [0, 0.1) is 5.82 Å². The standard InChI is InChI=1S/C14H18FNO2S/c15-11-4-5-13-10(8-11)3-6-14(13)16-12-2-1-7-19(17,18)9-12/h4-5,8,12,14,16H,1-3,6-7,9H2. The molecule has 1 aromatic rings. The quantitative estimate of drug-likeness (QED) is 0.903. The van der Waals surface area contributed by atoms with Gasteiger partial charge >= 0.3 is 0 Å². The zero-order valence-electron chi connectivity index (χ0n) is 10.7. The van der Waals surface area contributed by atoms with E-state index in [1.807, 2.05) is 6.07 Å². The predicted molar refractivity (Wildman–Crippen MR) is 72.3 cm³/mol. The number of nitrogens with one attached hydrogen (secondary N) is 1. The Balaban J connectivity index is 1.73. The fraction of sp³-hybridized carbons (Fsp3) is 0.571. The maximum absolute atomic E-state index is 13.1. The molecule has 3 nitrogen and oxygen atoms in total. The van der Waals surface area contributed by atoms with Crippen molar-refractivity contribution in [2.75, 3.05) is 11.5 Å². The molecule has 1 heterocycles. The van der Waals surface area contributed by atoms with E-state index in [2.05, 4.69) is 5.32 Å². The molecule has 1 aromatic carbocycles. The summed E-state index contributed by atoms with van der Waals surface area (Å²) in [4.78, 5) is 0. The van der Waals surface area contributed by atoms with Crippen molar-refractivity contribution in [1.82, 2.24) is 5.32 Å². The largest absolute Gasteiger partial charge is 0.306 e. The van der Waals surface area contributed by atoms with Gasteiger partial charge in [-0.15, -0.1) is 0 Å². The molecule has 1 fully saturated rings. The Bertz CT molecular complexity index is 585. The van der Waals surface area contributed by atoms with Crippen molar-refractivity contribution in [2.24, 2.45) is 0 Å². The van der Waals surface area contributed by atoms with Gasteiger partial charge in [-0.25, -0.2) is 12.8 Å². The average Bonchev–Trinajstić information content (AvgIpc) is 2.70. The van der Waals surface area contributed by atoms with Gasteiger partial charge in [-0.05, 0) is 48.9 Å². The number of sulfone groups is 1. The van der Waals surface area contributed by atoms with Crippen LogP contribution in [0.5, 0.6) is 0 Å². The number of aryl methyl sites for hydroxylation is 1. The highest BCUT2D eigenvalue weighted by molar-refractivity contribution is 7.91. The van der Waals surface area contributed by atoms with E-state index >= 15 is 0 Å². The second-order valence-corrected chi connectivity index (χ2v) is 7.78. The summed E-state index contributed by atoms with van der Waals surface area (Å²) in [7, 11) is -2.88. The van der Waals surface area contributed by atoms with E-state index in [1.165, 1.54) is 6.07 Å². The number of fused-ring (bicyclic) bond motifs is 1. The van der Waals surface area contributed by atoms with E-state index < -0.39 is 9.84 Å². The first-order chi connectivity index (χ1) is 9.03. The molecule has 5 heteroatoms. The first-order valence-corrected chi connectivity index (χ1v) is 8.60. The van der Waals surface area contributed by atoms with Crippen LogP contribution in [0.3, 0.4) is 0 Å². The normalized spacial score (nSPS) is 29.1. The van der Waals surface area contributed by atoms with Crippen LogP contribution < -0.4 is 5.32 Å². The predicted octanol–water partition coefficient (Wildman–Crippen LogP) is 1.98. The van der Waals surface area contributed by atoms with E-state index in [1.54, 1.807) is 6.07 Å². The molecule has 19 heavy (non-hydrogen) atoms. The lowest BCUT2D eigenvalue weighted by atomic mass is 10.1. The lowest BCUT2D eigenvalue weighted by molar-refractivity contribution is 0.419. The van der Waals surface area contributed by atoms with Crippen molar-refractivity contribution in [3.05, 3.63) is 35.1 Å². The molecule has 2 atom stereocenters. The molecule has 0 amide bonds. The molecule has 1 saturated heterocycles. The molecule has 2 unspecified atom stereocenters. The summed E-state index contributed by atoms with van der Waals surface area (Å²) < 4.78 is 36.4. The number of hydrogen-bond donors (Lipinski definition) is 1. The van der Waals surface area contributed by atoms with Crippen molar-refractivity contribution in [3.63, 3.8) is 0 Å². The summed E-state index contributed by atoms with van der Waals surface area (Å²) in [6.45, 7) is 0. The Kier molecular flexibility index (Phi) is 3.35. The van der Waals surface area contributed by atoms with Gasteiger partial charge in [0.15, 0.2) is 9.84 Å². The molecule has 0 radical (unpaired) electrons. The van der Waals surface area contributed by atoms with Gasteiger partial charge < -0.3 is 5.32 Å². The maximum Gasteiger partial charge on any atom is 0.151 e. The van der Waals surface area contributed by atoms with Crippen molar-refractivity contribution >= 4 is 9.84 Å². The van der Waals surface area contributed by atoms with Gasteiger partial charge in [0.1, 0.15) is 5.82 Å². The molecule has 1 aliphatic carbocycles. The van der Waals surface area contributed by atoms with Crippen molar-refractivity contribution in [3.8, 4) is 0 Å². The zero-order valence-corrected chi connectivity index (χ0v) is 11.5. The van der Waals surface area contributed by atoms with Gasteiger partial charge in [-0.3, -0.25) is 0 Å². The summed E-state index contributed by atoms with van der Waals surface area (Å²) in [6, 6.07) is 5.12. The number of rotatable bonds is 2. The summed E-state index contributed by atoms with van der Waals surface area (Å²) >= 11 is 0. The van der Waals surface area contributed by atoms with Crippen molar-refractivity contribution in [1.29, 1.82) is 0 Å². The molecule has 1 N–H and O–H groups in total. The molecule has 2 aliphatic rings. The number of hydrogen-bond acceptors (Lipinski definition) is 3. The van der Waals surface area contributed by atoms with Crippen molar-refractivity contribution < 1.29 is 12.8 Å². The topological polar surface area (TPSA) is 46.2 Å². The van der Waals surface area contributed by atoms with Gasteiger partial charge in [-0.1, -0.05) is 6.07 Å². The van der Waals surface area contributed by atoms with Gasteiger partial charge in [-0.2, -0.15) is 0 Å².